The molecule has 0 bridgehead atoms. The van der Waals surface area contributed by atoms with E-state index in [0.29, 0.717) is 0 Å². The minimum Gasteiger partial charge on any atom is -0.141 e. The van der Waals surface area contributed by atoms with Crippen molar-refractivity contribution in [1.82, 2.24) is 0 Å². The Morgan fingerprint density at radius 2 is 2.36 bits per heavy atom. The van der Waals surface area contributed by atoms with Crippen molar-refractivity contribution in [3.63, 3.8) is 0 Å². The van der Waals surface area contributed by atoms with E-state index in [-0.39, 0.29) is 0 Å². The first-order valence-electron chi connectivity index (χ1n) is 3.68. The van der Waals surface area contributed by atoms with Crippen molar-refractivity contribution in [3.05, 3.63) is 28.0 Å². The first-order valence-corrected chi connectivity index (χ1v) is 5.62. The number of alkyl halides is 1. The van der Waals surface area contributed by atoms with Gasteiger partial charge in [0, 0.05) is 15.1 Å². The van der Waals surface area contributed by atoms with Crippen LogP contribution in [0.4, 0.5) is 0 Å². The molecule has 0 saturated carbocycles. The summed E-state index contributed by atoms with van der Waals surface area (Å²) in [5.74, 6) is 0. The van der Waals surface area contributed by atoms with Crippen molar-refractivity contribution in [2.75, 3.05) is 5.33 Å². The molecule has 0 aliphatic rings. The Hall–Kier alpha value is -0.0800. The minimum atomic E-state index is 0.937. The molecule has 0 N–H and O–H groups in total. The van der Waals surface area contributed by atoms with E-state index in [2.05, 4.69) is 47.1 Å². The zero-order valence-corrected chi connectivity index (χ0v) is 8.91. The lowest BCUT2D eigenvalue weighted by Gasteiger charge is -1.83. The number of halogens is 1. The van der Waals surface area contributed by atoms with Gasteiger partial charge in [0.25, 0.3) is 0 Å². The third kappa shape index (κ3) is 2.80. The highest BCUT2D eigenvalue weighted by Crippen LogP contribution is 2.18. The lowest BCUT2D eigenvalue weighted by molar-refractivity contribution is 1.19. The zero-order valence-electron chi connectivity index (χ0n) is 6.51. The normalized spacial score (nSPS) is 11.1. The highest BCUT2D eigenvalue weighted by Gasteiger charge is 1.92. The number of rotatable bonds is 3. The molecule has 0 radical (unpaired) electrons. The molecule has 1 heterocycles. The summed E-state index contributed by atoms with van der Waals surface area (Å²) in [4.78, 5) is 2.81. The summed E-state index contributed by atoms with van der Waals surface area (Å²) in [5, 5.41) is 0.937. The second-order valence-corrected chi connectivity index (χ2v) is 4.06. The monoisotopic (exact) mass is 230 g/mol. The van der Waals surface area contributed by atoms with Gasteiger partial charge in [0.05, 0.1) is 0 Å². The fourth-order valence-corrected chi connectivity index (χ4v) is 1.91. The molecule has 60 valence electrons. The Kier molecular flexibility index (Phi) is 3.87. The molecule has 0 aliphatic carbocycles. The van der Waals surface area contributed by atoms with Crippen LogP contribution < -0.4 is 0 Å². The molecular weight excluding hydrogens is 220 g/mol. The van der Waals surface area contributed by atoms with Gasteiger partial charge in [-0.1, -0.05) is 28.9 Å². The second kappa shape index (κ2) is 4.73. The second-order valence-electron chi connectivity index (χ2n) is 2.21. The Bertz CT molecular complexity index is 237. The molecule has 11 heavy (non-hydrogen) atoms. The molecular formula is C9H11BrS. The van der Waals surface area contributed by atoms with Gasteiger partial charge in [-0.25, -0.2) is 0 Å². The van der Waals surface area contributed by atoms with Crippen molar-refractivity contribution >= 4 is 33.3 Å². The van der Waals surface area contributed by atoms with Crippen LogP contribution in [0, 0.1) is 0 Å². The first-order chi connectivity index (χ1) is 5.36. The van der Waals surface area contributed by atoms with Crippen LogP contribution in [0.15, 0.2) is 18.2 Å². The van der Waals surface area contributed by atoms with E-state index in [4.69, 9.17) is 0 Å². The zero-order chi connectivity index (χ0) is 8.10. The maximum atomic E-state index is 3.35. The number of allylic oxidation sites excluding steroid dienone is 1. The van der Waals surface area contributed by atoms with E-state index in [1.165, 1.54) is 9.75 Å². The van der Waals surface area contributed by atoms with Gasteiger partial charge >= 0.3 is 0 Å². The number of thiophene rings is 1. The van der Waals surface area contributed by atoms with Gasteiger partial charge < -0.3 is 0 Å². The molecule has 1 aromatic rings. The third-order valence-electron chi connectivity index (χ3n) is 1.40. The van der Waals surface area contributed by atoms with Crippen LogP contribution in [0.1, 0.15) is 16.7 Å². The van der Waals surface area contributed by atoms with Crippen molar-refractivity contribution < 1.29 is 0 Å². The predicted molar refractivity (Wildman–Crippen MR) is 56.5 cm³/mol. The standard InChI is InChI=1S/C9H11BrS/c1-2-8-5-6-9(11-8)4-3-7-10/h3-6H,2,7H2,1H3. The highest BCUT2D eigenvalue weighted by atomic mass is 79.9. The summed E-state index contributed by atoms with van der Waals surface area (Å²) in [6, 6.07) is 4.36. The summed E-state index contributed by atoms with van der Waals surface area (Å²) in [6.45, 7) is 2.18. The first kappa shape index (κ1) is 9.01. The molecule has 0 unspecified atom stereocenters. The van der Waals surface area contributed by atoms with Gasteiger partial charge in [0.15, 0.2) is 0 Å². The molecule has 0 aliphatic heterocycles. The van der Waals surface area contributed by atoms with Gasteiger partial charge in [-0.3, -0.25) is 0 Å². The summed E-state index contributed by atoms with van der Waals surface area (Å²) < 4.78 is 0. The molecule has 0 spiro atoms. The number of aryl methyl sites for hydroxylation is 1. The van der Waals surface area contributed by atoms with E-state index in [0.717, 1.165) is 11.8 Å². The molecule has 0 fully saturated rings. The summed E-state index contributed by atoms with van der Waals surface area (Å²) in [7, 11) is 0. The number of hydrogen-bond acceptors (Lipinski definition) is 1. The molecule has 0 saturated heterocycles. The van der Waals surface area contributed by atoms with E-state index in [9.17, 15) is 0 Å². The Balaban J connectivity index is 2.65. The summed E-state index contributed by atoms with van der Waals surface area (Å²) >= 11 is 5.21. The topological polar surface area (TPSA) is 0 Å². The number of hydrogen-bond donors (Lipinski definition) is 0. The lowest BCUT2D eigenvalue weighted by atomic mass is 10.3. The minimum absolute atomic E-state index is 0.937. The molecule has 0 nitrogen and oxygen atoms in total. The molecule has 2 heteroatoms. The van der Waals surface area contributed by atoms with Gasteiger partial charge in [0.2, 0.25) is 0 Å². The van der Waals surface area contributed by atoms with Crippen LogP contribution in [0.25, 0.3) is 6.08 Å². The third-order valence-corrected chi connectivity index (χ3v) is 2.97. The molecule has 1 rings (SSSR count). The fraction of sp³-hybridized carbons (Fsp3) is 0.333. The van der Waals surface area contributed by atoms with Gasteiger partial charge in [-0.15, -0.1) is 11.3 Å². The van der Waals surface area contributed by atoms with E-state index >= 15 is 0 Å². The maximum Gasteiger partial charge on any atom is 0.0270 e. The van der Waals surface area contributed by atoms with Crippen LogP contribution in [0.5, 0.6) is 0 Å². The van der Waals surface area contributed by atoms with Crippen LogP contribution in [-0.4, -0.2) is 5.33 Å². The van der Waals surface area contributed by atoms with Gasteiger partial charge in [-0.2, -0.15) is 0 Å². The Morgan fingerprint density at radius 1 is 1.55 bits per heavy atom. The van der Waals surface area contributed by atoms with E-state index in [1.807, 2.05) is 11.3 Å². The van der Waals surface area contributed by atoms with Crippen molar-refractivity contribution in [3.8, 4) is 0 Å². The van der Waals surface area contributed by atoms with Crippen LogP contribution in [0.3, 0.4) is 0 Å². The molecule has 1 aromatic heterocycles. The quantitative estimate of drug-likeness (QED) is 0.695. The average Bonchev–Trinajstić information content (AvgIpc) is 2.48. The predicted octanol–water partition coefficient (Wildman–Crippen LogP) is 3.72. The van der Waals surface area contributed by atoms with Gasteiger partial charge in [0.1, 0.15) is 0 Å². The molecule has 0 atom stereocenters. The highest BCUT2D eigenvalue weighted by molar-refractivity contribution is 9.09. The Labute approximate surface area is 80.1 Å². The fourth-order valence-electron chi connectivity index (χ4n) is 0.835. The van der Waals surface area contributed by atoms with Crippen molar-refractivity contribution in [1.29, 1.82) is 0 Å². The van der Waals surface area contributed by atoms with Crippen LogP contribution in [-0.2, 0) is 6.42 Å². The van der Waals surface area contributed by atoms with Crippen LogP contribution >= 0.6 is 27.3 Å². The van der Waals surface area contributed by atoms with Crippen LogP contribution in [0.2, 0.25) is 0 Å². The molecule has 0 amide bonds. The van der Waals surface area contributed by atoms with Crippen molar-refractivity contribution in [2.45, 2.75) is 13.3 Å². The molecule has 0 aromatic carbocycles. The summed E-state index contributed by atoms with van der Waals surface area (Å²) in [5.41, 5.74) is 0. The average molecular weight is 231 g/mol. The lowest BCUT2D eigenvalue weighted by Crippen LogP contribution is -1.63. The summed E-state index contributed by atoms with van der Waals surface area (Å²) in [6.07, 6.45) is 5.41. The van der Waals surface area contributed by atoms with E-state index < -0.39 is 0 Å². The van der Waals surface area contributed by atoms with Crippen molar-refractivity contribution in [2.24, 2.45) is 0 Å². The maximum absolute atomic E-state index is 3.35. The van der Waals surface area contributed by atoms with E-state index in [1.54, 1.807) is 0 Å². The van der Waals surface area contributed by atoms with Gasteiger partial charge in [-0.05, 0) is 24.6 Å². The smallest absolute Gasteiger partial charge is 0.0270 e. The SMILES string of the molecule is CCc1ccc(C=CCBr)s1. The Morgan fingerprint density at radius 3 is 2.91 bits per heavy atom. The largest absolute Gasteiger partial charge is 0.141 e.